The van der Waals surface area contributed by atoms with Crippen molar-refractivity contribution in [1.82, 2.24) is 0 Å². The van der Waals surface area contributed by atoms with Gasteiger partial charge in [-0.1, -0.05) is 172 Å². The molecule has 1 heteroatoms. The highest BCUT2D eigenvalue weighted by Gasteiger charge is 2.36. The maximum absolute atomic E-state index is 6.66. The predicted molar refractivity (Wildman–Crippen MR) is 238 cm³/mol. The van der Waals surface area contributed by atoms with Gasteiger partial charge in [0.25, 0.3) is 0 Å². The van der Waals surface area contributed by atoms with E-state index in [1.807, 2.05) is 0 Å². The maximum Gasteiger partial charge on any atom is 0.143 e. The Morgan fingerprint density at radius 2 is 0.893 bits per heavy atom. The van der Waals surface area contributed by atoms with Crippen molar-refractivity contribution in [2.75, 3.05) is 0 Å². The first kappa shape index (κ1) is 31.4. The molecule has 1 aromatic heterocycles. The van der Waals surface area contributed by atoms with Crippen molar-refractivity contribution in [2.24, 2.45) is 0 Å². The van der Waals surface area contributed by atoms with Crippen LogP contribution in [0.15, 0.2) is 186 Å². The number of hydrogen-bond donors (Lipinski definition) is 0. The van der Waals surface area contributed by atoms with Crippen LogP contribution in [0, 0.1) is 0 Å². The number of rotatable bonds is 3. The third kappa shape index (κ3) is 4.37. The van der Waals surface area contributed by atoms with E-state index in [-0.39, 0.29) is 5.41 Å². The van der Waals surface area contributed by atoms with Gasteiger partial charge >= 0.3 is 0 Å². The summed E-state index contributed by atoms with van der Waals surface area (Å²) in [6.45, 7) is 4.71. The molecular weight excluding hydrogens is 677 g/mol. The summed E-state index contributed by atoms with van der Waals surface area (Å²) in [5.74, 6) is 0. The Morgan fingerprint density at radius 1 is 0.339 bits per heavy atom. The molecule has 0 unspecified atom stereocenters. The minimum atomic E-state index is -0.123. The molecule has 56 heavy (non-hydrogen) atoms. The van der Waals surface area contributed by atoms with Gasteiger partial charge in [0.05, 0.1) is 0 Å². The van der Waals surface area contributed by atoms with Gasteiger partial charge in [0.15, 0.2) is 0 Å². The number of furan rings is 1. The SMILES string of the molecule is CC1(C)c2ccc(-c3ccc(-c4c5ccccc5c(-c5cccc6ccccc56)c5ccccc45)cc3)cc2-c2cc3oc4c5ccccc5ccc4c3cc21. The predicted octanol–water partition coefficient (Wildman–Crippen LogP) is 15.5. The molecule has 0 atom stereocenters. The zero-order chi connectivity index (χ0) is 37.1. The van der Waals surface area contributed by atoms with Crippen LogP contribution in [0.3, 0.4) is 0 Å². The van der Waals surface area contributed by atoms with Crippen molar-refractivity contribution >= 4 is 65.0 Å². The highest BCUT2D eigenvalue weighted by Crippen LogP contribution is 2.52. The molecule has 262 valence electrons. The highest BCUT2D eigenvalue weighted by molar-refractivity contribution is 6.23. The lowest BCUT2D eigenvalue weighted by atomic mass is 9.81. The van der Waals surface area contributed by atoms with E-state index in [4.69, 9.17) is 4.42 Å². The lowest BCUT2D eigenvalue weighted by Gasteiger charge is -2.21. The Labute approximate surface area is 325 Å². The van der Waals surface area contributed by atoms with E-state index in [0.717, 1.165) is 16.6 Å². The van der Waals surface area contributed by atoms with Crippen molar-refractivity contribution in [1.29, 1.82) is 0 Å². The lowest BCUT2D eigenvalue weighted by Crippen LogP contribution is -2.14. The molecule has 1 heterocycles. The molecule has 1 aliphatic rings. The summed E-state index contributed by atoms with van der Waals surface area (Å²) in [5.41, 5.74) is 14.6. The van der Waals surface area contributed by atoms with E-state index in [0.29, 0.717) is 0 Å². The Balaban J connectivity index is 0.989. The van der Waals surface area contributed by atoms with Gasteiger partial charge in [-0.2, -0.15) is 0 Å². The Bertz CT molecular complexity index is 3370. The Morgan fingerprint density at radius 3 is 1.61 bits per heavy atom. The molecule has 0 N–H and O–H groups in total. The molecule has 0 fully saturated rings. The standard InChI is InChI=1S/C55H36O/c1-55(2)49-29-27-37(30-46(49)47-32-51-48(31-50(47)55)45-28-26-35-13-4-6-16-39(35)54(45)56-51)33-22-24-36(25-23-33)52-41-17-7-9-19-43(41)53(44-20-10-8-18-42(44)52)40-21-11-14-34-12-3-5-15-38(34)40/h3-32H,1-2H3. The van der Waals surface area contributed by atoms with Crippen LogP contribution in [0.2, 0.25) is 0 Å². The van der Waals surface area contributed by atoms with Crippen LogP contribution >= 0.6 is 0 Å². The molecule has 0 radical (unpaired) electrons. The summed E-state index contributed by atoms with van der Waals surface area (Å²) in [6, 6.07) is 67.2. The second kappa shape index (κ2) is 11.5. The summed E-state index contributed by atoms with van der Waals surface area (Å²) in [5, 5.41) is 12.3. The van der Waals surface area contributed by atoms with Gasteiger partial charge in [-0.15, -0.1) is 0 Å². The quantitative estimate of drug-likeness (QED) is 0.166. The van der Waals surface area contributed by atoms with Crippen molar-refractivity contribution < 1.29 is 4.42 Å². The van der Waals surface area contributed by atoms with E-state index in [1.165, 1.54) is 104 Å². The summed E-state index contributed by atoms with van der Waals surface area (Å²) >= 11 is 0. The first-order valence-corrected chi connectivity index (χ1v) is 19.6. The molecule has 0 saturated carbocycles. The van der Waals surface area contributed by atoms with Crippen LogP contribution in [0.1, 0.15) is 25.0 Å². The van der Waals surface area contributed by atoms with Crippen LogP contribution in [-0.4, -0.2) is 0 Å². The number of hydrogen-bond acceptors (Lipinski definition) is 1. The zero-order valence-electron chi connectivity index (χ0n) is 31.2. The van der Waals surface area contributed by atoms with E-state index in [9.17, 15) is 0 Å². The second-order valence-corrected chi connectivity index (χ2v) is 16.0. The molecule has 10 aromatic carbocycles. The van der Waals surface area contributed by atoms with E-state index < -0.39 is 0 Å². The molecule has 0 amide bonds. The van der Waals surface area contributed by atoms with E-state index >= 15 is 0 Å². The zero-order valence-corrected chi connectivity index (χ0v) is 31.2. The van der Waals surface area contributed by atoms with Gasteiger partial charge in [0.1, 0.15) is 11.2 Å². The molecule has 0 aliphatic heterocycles. The fourth-order valence-corrected chi connectivity index (χ4v) is 9.93. The van der Waals surface area contributed by atoms with E-state index in [1.54, 1.807) is 0 Å². The minimum absolute atomic E-state index is 0.123. The Kier molecular flexibility index (Phi) is 6.46. The summed E-state index contributed by atoms with van der Waals surface area (Å²) < 4.78 is 6.66. The van der Waals surface area contributed by atoms with Crippen LogP contribution < -0.4 is 0 Å². The van der Waals surface area contributed by atoms with Crippen molar-refractivity contribution in [3.05, 3.63) is 193 Å². The second-order valence-electron chi connectivity index (χ2n) is 16.0. The van der Waals surface area contributed by atoms with Crippen molar-refractivity contribution in [2.45, 2.75) is 19.3 Å². The summed E-state index contributed by atoms with van der Waals surface area (Å²) in [6.07, 6.45) is 0. The first-order chi connectivity index (χ1) is 27.5. The third-order valence-corrected chi connectivity index (χ3v) is 12.7. The highest BCUT2D eigenvalue weighted by atomic mass is 16.3. The first-order valence-electron chi connectivity index (χ1n) is 19.6. The number of benzene rings is 10. The van der Waals surface area contributed by atoms with Gasteiger partial charge in [0.2, 0.25) is 0 Å². The molecule has 1 aliphatic carbocycles. The van der Waals surface area contributed by atoms with Crippen LogP contribution in [0.25, 0.3) is 110 Å². The molecule has 11 aromatic rings. The van der Waals surface area contributed by atoms with Crippen LogP contribution in [0.4, 0.5) is 0 Å². The monoisotopic (exact) mass is 712 g/mol. The molecule has 1 nitrogen and oxygen atoms in total. The summed E-state index contributed by atoms with van der Waals surface area (Å²) in [7, 11) is 0. The van der Waals surface area contributed by atoms with Gasteiger partial charge in [-0.05, 0) is 118 Å². The third-order valence-electron chi connectivity index (χ3n) is 12.7. The normalized spacial score (nSPS) is 13.3. The van der Waals surface area contributed by atoms with Gasteiger partial charge in [-0.25, -0.2) is 0 Å². The number of fused-ring (bicyclic) bond motifs is 11. The van der Waals surface area contributed by atoms with Crippen molar-refractivity contribution in [3.8, 4) is 44.5 Å². The largest absolute Gasteiger partial charge is 0.455 e. The molecule has 0 bridgehead atoms. The van der Waals surface area contributed by atoms with E-state index in [2.05, 4.69) is 196 Å². The maximum atomic E-state index is 6.66. The van der Waals surface area contributed by atoms with Gasteiger partial charge in [-0.3, -0.25) is 0 Å². The topological polar surface area (TPSA) is 13.1 Å². The van der Waals surface area contributed by atoms with Crippen LogP contribution in [-0.2, 0) is 5.41 Å². The summed E-state index contributed by atoms with van der Waals surface area (Å²) in [4.78, 5) is 0. The smallest absolute Gasteiger partial charge is 0.143 e. The van der Waals surface area contributed by atoms with Crippen molar-refractivity contribution in [3.63, 3.8) is 0 Å². The minimum Gasteiger partial charge on any atom is -0.455 e. The fraction of sp³-hybridized carbons (Fsp3) is 0.0545. The van der Waals surface area contributed by atoms with Gasteiger partial charge < -0.3 is 4.42 Å². The average Bonchev–Trinajstić information content (AvgIpc) is 3.73. The molecule has 12 rings (SSSR count). The average molecular weight is 713 g/mol. The van der Waals surface area contributed by atoms with Crippen LogP contribution in [0.5, 0.6) is 0 Å². The molecule has 0 spiro atoms. The molecule has 0 saturated heterocycles. The Hall–Kier alpha value is -6.96. The molecular formula is C55H36O. The van der Waals surface area contributed by atoms with Gasteiger partial charge in [0, 0.05) is 21.6 Å². The lowest BCUT2D eigenvalue weighted by molar-refractivity contribution is 0.658. The fourth-order valence-electron chi connectivity index (χ4n) is 9.93.